The summed E-state index contributed by atoms with van der Waals surface area (Å²) in [6, 6.07) is 4.74. The van der Waals surface area contributed by atoms with Crippen LogP contribution in [0.25, 0.3) is 0 Å². The van der Waals surface area contributed by atoms with Crippen LogP contribution in [0.5, 0.6) is 0 Å². The molecule has 0 radical (unpaired) electrons. The summed E-state index contributed by atoms with van der Waals surface area (Å²) < 4.78 is 23.7. The fourth-order valence-electron chi connectivity index (χ4n) is 1.81. The lowest BCUT2D eigenvalue weighted by Gasteiger charge is -2.06. The van der Waals surface area contributed by atoms with Crippen LogP contribution in [0.4, 0.5) is 5.69 Å². The van der Waals surface area contributed by atoms with Gasteiger partial charge in [-0.3, -0.25) is 10.1 Å². The van der Waals surface area contributed by atoms with E-state index in [2.05, 4.69) is 4.98 Å². The van der Waals surface area contributed by atoms with Gasteiger partial charge in [0.1, 0.15) is 0 Å². The van der Waals surface area contributed by atoms with Crippen molar-refractivity contribution in [2.24, 2.45) is 5.14 Å². The van der Waals surface area contributed by atoms with E-state index in [9.17, 15) is 18.5 Å². The number of hydrogen-bond acceptors (Lipinski definition) is 5. The van der Waals surface area contributed by atoms with Crippen LogP contribution in [0.3, 0.4) is 0 Å². The van der Waals surface area contributed by atoms with Gasteiger partial charge in [0.2, 0.25) is 0 Å². The molecule has 0 aliphatic carbocycles. The average Bonchev–Trinajstić information content (AvgIpc) is 2.80. The molecule has 0 fully saturated rings. The number of nitrogens with zero attached hydrogens (tertiary/aromatic N) is 3. The summed E-state index contributed by atoms with van der Waals surface area (Å²) >= 11 is 0. The smallest absolute Gasteiger partial charge is 0.272 e. The molecule has 1 aromatic carbocycles. The van der Waals surface area contributed by atoms with E-state index in [0.29, 0.717) is 11.1 Å². The Bertz CT molecular complexity index is 766. The van der Waals surface area contributed by atoms with Gasteiger partial charge in [-0.05, 0) is 12.5 Å². The predicted octanol–water partition coefficient (Wildman–Crippen LogP) is 0.795. The van der Waals surface area contributed by atoms with E-state index in [1.165, 1.54) is 23.2 Å². The maximum Gasteiger partial charge on any atom is 0.272 e. The molecule has 2 rings (SSSR count). The molecule has 0 saturated heterocycles. The molecule has 106 valence electrons. The second-order valence-electron chi connectivity index (χ2n) is 4.25. The minimum Gasteiger partial charge on any atom is -0.332 e. The van der Waals surface area contributed by atoms with E-state index in [1.807, 2.05) is 0 Å². The monoisotopic (exact) mass is 296 g/mol. The first-order valence-corrected chi connectivity index (χ1v) is 7.11. The van der Waals surface area contributed by atoms with Gasteiger partial charge in [0, 0.05) is 24.4 Å². The number of benzene rings is 1. The standard InChI is InChI=1S/C11H12N4O4S/c1-8-9(3-2-4-10(8)15(16)17)5-14-6-11(13-7-14)20(12,18)19/h2-4,6-7H,5H2,1H3,(H2,12,18,19). The van der Waals surface area contributed by atoms with Gasteiger partial charge in [-0.1, -0.05) is 12.1 Å². The number of nitro benzene ring substituents is 1. The lowest BCUT2D eigenvalue weighted by atomic mass is 10.1. The molecule has 1 aromatic heterocycles. The molecule has 0 aliphatic heterocycles. The van der Waals surface area contributed by atoms with Gasteiger partial charge in [0.25, 0.3) is 15.7 Å². The number of aromatic nitrogens is 2. The Morgan fingerprint density at radius 2 is 2.15 bits per heavy atom. The Hall–Kier alpha value is -2.26. The van der Waals surface area contributed by atoms with E-state index >= 15 is 0 Å². The summed E-state index contributed by atoms with van der Waals surface area (Å²) in [5.74, 6) is 0. The number of imidazole rings is 1. The van der Waals surface area contributed by atoms with Gasteiger partial charge >= 0.3 is 0 Å². The van der Waals surface area contributed by atoms with Crippen molar-refractivity contribution in [2.75, 3.05) is 0 Å². The number of hydrogen-bond donors (Lipinski definition) is 1. The van der Waals surface area contributed by atoms with Gasteiger partial charge in [-0.15, -0.1) is 0 Å². The molecule has 9 heteroatoms. The summed E-state index contributed by atoms with van der Waals surface area (Å²) in [6.07, 6.45) is 2.60. The topological polar surface area (TPSA) is 121 Å². The van der Waals surface area contributed by atoms with Crippen LogP contribution in [-0.4, -0.2) is 22.9 Å². The summed E-state index contributed by atoms with van der Waals surface area (Å²) in [6.45, 7) is 1.92. The third kappa shape index (κ3) is 2.83. The maximum absolute atomic E-state index is 11.1. The first-order chi connectivity index (χ1) is 9.29. The van der Waals surface area contributed by atoms with Crippen molar-refractivity contribution in [3.05, 3.63) is 52.0 Å². The third-order valence-electron chi connectivity index (χ3n) is 2.87. The SMILES string of the molecule is Cc1c(Cn2cnc(S(N)(=O)=O)c2)cccc1[N+](=O)[O-]. The lowest BCUT2D eigenvalue weighted by molar-refractivity contribution is -0.385. The maximum atomic E-state index is 11.1. The van der Waals surface area contributed by atoms with Crippen molar-refractivity contribution in [3.63, 3.8) is 0 Å². The normalized spacial score (nSPS) is 11.5. The zero-order chi connectivity index (χ0) is 14.9. The minimum atomic E-state index is -3.85. The summed E-state index contributed by atoms with van der Waals surface area (Å²) in [5.41, 5.74) is 1.26. The van der Waals surface area contributed by atoms with Gasteiger partial charge in [0.05, 0.1) is 11.3 Å². The fourth-order valence-corrected chi connectivity index (χ4v) is 2.29. The molecular formula is C11H12N4O4S. The van der Waals surface area contributed by atoms with E-state index in [0.717, 1.165) is 0 Å². The molecule has 2 aromatic rings. The van der Waals surface area contributed by atoms with E-state index in [1.54, 1.807) is 19.1 Å². The van der Waals surface area contributed by atoms with Gasteiger partial charge in [0.15, 0.2) is 5.03 Å². The second kappa shape index (κ2) is 5.02. The van der Waals surface area contributed by atoms with Crippen LogP contribution in [0.1, 0.15) is 11.1 Å². The van der Waals surface area contributed by atoms with Crippen LogP contribution in [-0.2, 0) is 16.6 Å². The molecule has 0 aliphatic rings. The minimum absolute atomic E-state index is 0.0225. The zero-order valence-electron chi connectivity index (χ0n) is 10.6. The van der Waals surface area contributed by atoms with Crippen molar-refractivity contribution >= 4 is 15.7 Å². The Balaban J connectivity index is 2.34. The van der Waals surface area contributed by atoms with E-state index in [-0.39, 0.29) is 17.3 Å². The van der Waals surface area contributed by atoms with Crippen molar-refractivity contribution < 1.29 is 13.3 Å². The van der Waals surface area contributed by atoms with Gasteiger partial charge in [-0.25, -0.2) is 18.5 Å². The summed E-state index contributed by atoms with van der Waals surface area (Å²) in [5, 5.41) is 15.6. The van der Waals surface area contributed by atoms with Crippen molar-refractivity contribution in [3.8, 4) is 0 Å². The Morgan fingerprint density at radius 1 is 1.45 bits per heavy atom. The molecule has 0 bridgehead atoms. The second-order valence-corrected chi connectivity index (χ2v) is 5.76. The third-order valence-corrected chi connectivity index (χ3v) is 3.66. The molecular weight excluding hydrogens is 284 g/mol. The number of primary sulfonamides is 1. The molecule has 0 spiro atoms. The summed E-state index contributed by atoms with van der Waals surface area (Å²) in [4.78, 5) is 14.1. The molecule has 0 saturated carbocycles. The van der Waals surface area contributed by atoms with Crippen molar-refractivity contribution in [1.82, 2.24) is 9.55 Å². The lowest BCUT2D eigenvalue weighted by Crippen LogP contribution is -2.12. The molecule has 2 N–H and O–H groups in total. The highest BCUT2D eigenvalue weighted by atomic mass is 32.2. The number of sulfonamides is 1. The highest BCUT2D eigenvalue weighted by molar-refractivity contribution is 7.89. The van der Waals surface area contributed by atoms with Crippen LogP contribution in [0.2, 0.25) is 0 Å². The zero-order valence-corrected chi connectivity index (χ0v) is 11.4. The van der Waals surface area contributed by atoms with Crippen molar-refractivity contribution in [2.45, 2.75) is 18.5 Å². The quantitative estimate of drug-likeness (QED) is 0.660. The molecule has 20 heavy (non-hydrogen) atoms. The van der Waals surface area contributed by atoms with Crippen LogP contribution < -0.4 is 5.14 Å². The molecule has 0 amide bonds. The van der Waals surface area contributed by atoms with Crippen LogP contribution in [0.15, 0.2) is 35.7 Å². The molecule has 0 atom stereocenters. The Labute approximate surface area is 115 Å². The van der Waals surface area contributed by atoms with Crippen LogP contribution >= 0.6 is 0 Å². The van der Waals surface area contributed by atoms with Crippen LogP contribution in [0, 0.1) is 17.0 Å². The number of nitro groups is 1. The largest absolute Gasteiger partial charge is 0.332 e. The number of rotatable bonds is 4. The molecule has 8 nitrogen and oxygen atoms in total. The van der Waals surface area contributed by atoms with Crippen molar-refractivity contribution in [1.29, 1.82) is 0 Å². The number of nitrogens with two attached hydrogens (primary N) is 1. The van der Waals surface area contributed by atoms with E-state index < -0.39 is 14.9 Å². The summed E-state index contributed by atoms with van der Waals surface area (Å²) in [7, 11) is -3.85. The highest BCUT2D eigenvalue weighted by Crippen LogP contribution is 2.21. The van der Waals surface area contributed by atoms with E-state index in [4.69, 9.17) is 5.14 Å². The Kier molecular flexibility index (Phi) is 3.55. The average molecular weight is 296 g/mol. The van der Waals surface area contributed by atoms with Gasteiger partial charge < -0.3 is 4.57 Å². The molecule has 0 unspecified atom stereocenters. The first-order valence-electron chi connectivity index (χ1n) is 5.56. The highest BCUT2D eigenvalue weighted by Gasteiger charge is 2.15. The Morgan fingerprint density at radius 3 is 2.70 bits per heavy atom. The fraction of sp³-hybridized carbons (Fsp3) is 0.182. The molecule has 1 heterocycles. The van der Waals surface area contributed by atoms with Gasteiger partial charge in [-0.2, -0.15) is 0 Å². The first kappa shape index (κ1) is 14.2. The predicted molar refractivity (Wildman–Crippen MR) is 70.5 cm³/mol.